The molecule has 0 heterocycles. The zero-order valence-electron chi connectivity index (χ0n) is 13.3. The third kappa shape index (κ3) is 1.69. The molecule has 0 saturated heterocycles. The van der Waals surface area contributed by atoms with E-state index in [0.717, 1.165) is 24.7 Å². The van der Waals surface area contributed by atoms with Crippen molar-refractivity contribution in [2.75, 3.05) is 0 Å². The highest BCUT2D eigenvalue weighted by atomic mass is 16.3. The van der Waals surface area contributed by atoms with E-state index in [0.29, 0.717) is 16.7 Å². The number of hydrogen-bond acceptors (Lipinski definition) is 1. The van der Waals surface area contributed by atoms with Crippen molar-refractivity contribution in [2.24, 2.45) is 28.6 Å². The van der Waals surface area contributed by atoms with Crippen LogP contribution >= 0.6 is 0 Å². The lowest BCUT2D eigenvalue weighted by Gasteiger charge is -2.50. The summed E-state index contributed by atoms with van der Waals surface area (Å²) in [6, 6.07) is 0. The van der Waals surface area contributed by atoms with Gasteiger partial charge >= 0.3 is 0 Å². The molecule has 1 N–H and O–H groups in total. The number of fused-ring (bicyclic) bond motifs is 2. The first-order valence-electron chi connectivity index (χ1n) is 8.57. The zero-order valence-corrected chi connectivity index (χ0v) is 13.3. The first-order chi connectivity index (χ1) is 8.85. The van der Waals surface area contributed by atoms with E-state index in [1.807, 2.05) is 0 Å². The molecule has 5 atom stereocenters. The summed E-state index contributed by atoms with van der Waals surface area (Å²) in [6.45, 7) is 9.73. The van der Waals surface area contributed by atoms with Gasteiger partial charge in [-0.25, -0.2) is 0 Å². The normalized spacial score (nSPS) is 52.6. The van der Waals surface area contributed by atoms with Gasteiger partial charge in [-0.15, -0.1) is 0 Å². The van der Waals surface area contributed by atoms with E-state index in [1.54, 1.807) is 0 Å². The number of hydrogen-bond donors (Lipinski definition) is 1. The Morgan fingerprint density at radius 2 is 1.74 bits per heavy atom. The molecule has 3 fully saturated rings. The lowest BCUT2D eigenvalue weighted by molar-refractivity contribution is -0.102. The van der Waals surface area contributed by atoms with Crippen LogP contribution in [-0.4, -0.2) is 10.7 Å². The van der Waals surface area contributed by atoms with Crippen LogP contribution in [0.2, 0.25) is 0 Å². The molecular formula is C18H32O. The third-order valence-corrected chi connectivity index (χ3v) is 8.02. The second-order valence-electron chi connectivity index (χ2n) is 8.53. The van der Waals surface area contributed by atoms with Gasteiger partial charge in [0, 0.05) is 0 Å². The fourth-order valence-electron chi connectivity index (χ4n) is 6.14. The molecule has 0 radical (unpaired) electrons. The molecule has 3 aliphatic rings. The number of rotatable bonds is 2. The average molecular weight is 264 g/mol. The molecule has 3 rings (SSSR count). The van der Waals surface area contributed by atoms with E-state index in [2.05, 4.69) is 27.7 Å². The van der Waals surface area contributed by atoms with E-state index in [4.69, 9.17) is 0 Å². The van der Waals surface area contributed by atoms with Gasteiger partial charge in [-0.05, 0) is 67.1 Å². The van der Waals surface area contributed by atoms with Gasteiger partial charge in [-0.2, -0.15) is 0 Å². The SMILES string of the molecule is CCC1(O)CCCCC1[C@H]1C[C@@H]2CC[C@@]1(C)C2(C)C. The highest BCUT2D eigenvalue weighted by Crippen LogP contribution is 2.71. The van der Waals surface area contributed by atoms with E-state index >= 15 is 0 Å². The molecule has 3 saturated carbocycles. The van der Waals surface area contributed by atoms with Crippen LogP contribution in [0, 0.1) is 28.6 Å². The van der Waals surface area contributed by atoms with Gasteiger partial charge in [0.15, 0.2) is 0 Å². The summed E-state index contributed by atoms with van der Waals surface area (Å²) in [7, 11) is 0. The maximum Gasteiger partial charge on any atom is 0.0676 e. The maximum absolute atomic E-state index is 11.1. The molecule has 0 amide bonds. The van der Waals surface area contributed by atoms with E-state index in [9.17, 15) is 5.11 Å². The van der Waals surface area contributed by atoms with Crippen LogP contribution in [0.25, 0.3) is 0 Å². The van der Waals surface area contributed by atoms with Gasteiger partial charge in [-0.1, -0.05) is 40.5 Å². The topological polar surface area (TPSA) is 20.2 Å². The largest absolute Gasteiger partial charge is 0.390 e. The van der Waals surface area contributed by atoms with Gasteiger partial charge < -0.3 is 5.11 Å². The minimum atomic E-state index is -0.355. The van der Waals surface area contributed by atoms with Crippen LogP contribution in [-0.2, 0) is 0 Å². The van der Waals surface area contributed by atoms with Crippen LogP contribution in [0.1, 0.15) is 79.1 Å². The van der Waals surface area contributed by atoms with Crippen LogP contribution in [0.4, 0.5) is 0 Å². The molecule has 1 nitrogen and oxygen atoms in total. The Labute approximate surface area is 119 Å². The van der Waals surface area contributed by atoms with Crippen molar-refractivity contribution >= 4 is 0 Å². The molecular weight excluding hydrogens is 232 g/mol. The van der Waals surface area contributed by atoms with Crippen molar-refractivity contribution in [3.63, 3.8) is 0 Å². The molecule has 3 aliphatic carbocycles. The fraction of sp³-hybridized carbons (Fsp3) is 1.00. The standard InChI is InChI=1S/C18H32O/c1-5-18(19)10-7-6-8-14(18)15-12-13-9-11-17(15,4)16(13,2)3/h13-15,19H,5-12H2,1-4H3/t13-,14?,15+,17+,18?/m0/s1. The Morgan fingerprint density at radius 1 is 1.00 bits per heavy atom. The summed E-state index contributed by atoms with van der Waals surface area (Å²) in [5.41, 5.74) is 0.610. The van der Waals surface area contributed by atoms with Crippen molar-refractivity contribution in [2.45, 2.75) is 84.7 Å². The van der Waals surface area contributed by atoms with Crippen LogP contribution in [0.15, 0.2) is 0 Å². The zero-order chi connectivity index (χ0) is 13.9. The Morgan fingerprint density at radius 3 is 2.26 bits per heavy atom. The highest BCUT2D eigenvalue weighted by Gasteiger charge is 2.64. The Balaban J connectivity index is 1.91. The predicted octanol–water partition coefficient (Wildman–Crippen LogP) is 4.78. The molecule has 19 heavy (non-hydrogen) atoms. The lowest BCUT2D eigenvalue weighted by Crippen LogP contribution is -2.48. The average Bonchev–Trinajstić information content (AvgIpc) is 2.72. The second-order valence-corrected chi connectivity index (χ2v) is 8.53. The Kier molecular flexibility index (Phi) is 3.10. The molecule has 1 heteroatoms. The van der Waals surface area contributed by atoms with Crippen LogP contribution in [0.3, 0.4) is 0 Å². The quantitative estimate of drug-likeness (QED) is 0.761. The maximum atomic E-state index is 11.1. The molecule has 2 bridgehead atoms. The molecule has 0 aromatic heterocycles. The summed E-state index contributed by atoms with van der Waals surface area (Å²) >= 11 is 0. The van der Waals surface area contributed by atoms with Gasteiger partial charge in [0.2, 0.25) is 0 Å². The molecule has 2 unspecified atom stereocenters. The summed E-state index contributed by atoms with van der Waals surface area (Å²) in [6.07, 6.45) is 10.1. The first kappa shape index (κ1) is 13.9. The minimum absolute atomic E-state index is 0.355. The summed E-state index contributed by atoms with van der Waals surface area (Å²) in [5, 5.41) is 11.1. The Hall–Kier alpha value is -0.0400. The van der Waals surface area contributed by atoms with E-state index in [-0.39, 0.29) is 5.60 Å². The monoisotopic (exact) mass is 264 g/mol. The van der Waals surface area contributed by atoms with Crippen molar-refractivity contribution in [3.05, 3.63) is 0 Å². The Bertz CT molecular complexity index is 361. The molecule has 110 valence electrons. The minimum Gasteiger partial charge on any atom is -0.390 e. The van der Waals surface area contributed by atoms with E-state index < -0.39 is 0 Å². The van der Waals surface area contributed by atoms with Gasteiger partial charge in [0.25, 0.3) is 0 Å². The smallest absolute Gasteiger partial charge is 0.0676 e. The number of aliphatic hydroxyl groups is 1. The highest BCUT2D eigenvalue weighted by molar-refractivity contribution is 5.13. The van der Waals surface area contributed by atoms with Crippen molar-refractivity contribution in [1.29, 1.82) is 0 Å². The first-order valence-corrected chi connectivity index (χ1v) is 8.57. The van der Waals surface area contributed by atoms with Gasteiger partial charge in [0.05, 0.1) is 5.60 Å². The third-order valence-electron chi connectivity index (χ3n) is 8.02. The molecule has 0 aromatic rings. The predicted molar refractivity (Wildman–Crippen MR) is 79.9 cm³/mol. The molecule has 0 aromatic carbocycles. The summed E-state index contributed by atoms with van der Waals surface area (Å²) in [4.78, 5) is 0. The lowest BCUT2D eigenvalue weighted by atomic mass is 9.57. The van der Waals surface area contributed by atoms with E-state index in [1.165, 1.54) is 38.5 Å². The van der Waals surface area contributed by atoms with Crippen molar-refractivity contribution in [1.82, 2.24) is 0 Å². The second kappa shape index (κ2) is 4.23. The van der Waals surface area contributed by atoms with Crippen molar-refractivity contribution in [3.8, 4) is 0 Å². The fourth-order valence-corrected chi connectivity index (χ4v) is 6.14. The molecule has 0 aliphatic heterocycles. The van der Waals surface area contributed by atoms with Crippen LogP contribution in [0.5, 0.6) is 0 Å². The van der Waals surface area contributed by atoms with Crippen LogP contribution < -0.4 is 0 Å². The summed E-state index contributed by atoms with van der Waals surface area (Å²) in [5.74, 6) is 2.25. The summed E-state index contributed by atoms with van der Waals surface area (Å²) < 4.78 is 0. The van der Waals surface area contributed by atoms with Crippen molar-refractivity contribution < 1.29 is 5.11 Å². The van der Waals surface area contributed by atoms with Gasteiger partial charge in [-0.3, -0.25) is 0 Å². The van der Waals surface area contributed by atoms with Gasteiger partial charge in [0.1, 0.15) is 0 Å². The molecule has 0 spiro atoms.